The molecule has 0 radical (unpaired) electrons. The van der Waals surface area contributed by atoms with Crippen LogP contribution in [0.4, 0.5) is 0 Å². The summed E-state index contributed by atoms with van der Waals surface area (Å²) in [5, 5.41) is 0. The standard InChI is InChI=1S/C10H13O/c1-9-3-5-10(6-4-9)7-8-11-2/h3-6H,1,7-8H2,2H3/q+1/p+1. The lowest BCUT2D eigenvalue weighted by Gasteiger charge is -1.94. The minimum absolute atomic E-state index is 0.913. The van der Waals surface area contributed by atoms with Gasteiger partial charge in [-0.15, -0.1) is 0 Å². The SMILES string of the molecule is [CH2+]c1ccc(CC[OH+]C)cc1. The van der Waals surface area contributed by atoms with Crippen LogP contribution in [0.3, 0.4) is 0 Å². The number of benzene rings is 1. The quantitative estimate of drug-likeness (QED) is 0.458. The van der Waals surface area contributed by atoms with E-state index in [1.165, 1.54) is 5.56 Å². The Morgan fingerprint density at radius 3 is 2.45 bits per heavy atom. The van der Waals surface area contributed by atoms with E-state index in [2.05, 4.69) is 23.8 Å². The summed E-state index contributed by atoms with van der Waals surface area (Å²) in [4.78, 5) is 0. The van der Waals surface area contributed by atoms with Gasteiger partial charge in [-0.05, 0) is 17.7 Å². The van der Waals surface area contributed by atoms with Gasteiger partial charge < -0.3 is 4.74 Å². The third kappa shape index (κ3) is 2.64. The molecule has 0 aromatic heterocycles. The van der Waals surface area contributed by atoms with Crippen molar-refractivity contribution in [2.45, 2.75) is 6.42 Å². The Morgan fingerprint density at radius 1 is 1.27 bits per heavy atom. The maximum atomic E-state index is 4.04. The van der Waals surface area contributed by atoms with Crippen LogP contribution in [0.1, 0.15) is 11.1 Å². The van der Waals surface area contributed by atoms with Crippen LogP contribution in [0.5, 0.6) is 0 Å². The van der Waals surface area contributed by atoms with Gasteiger partial charge in [0.2, 0.25) is 0 Å². The maximum absolute atomic E-state index is 4.04. The smallest absolute Gasteiger partial charge is 0.148 e. The molecule has 0 aliphatic rings. The van der Waals surface area contributed by atoms with Crippen molar-refractivity contribution in [1.29, 1.82) is 0 Å². The first-order chi connectivity index (χ1) is 5.33. The van der Waals surface area contributed by atoms with Gasteiger partial charge in [-0.25, -0.2) is 0 Å². The lowest BCUT2D eigenvalue weighted by molar-refractivity contribution is 0.0179. The summed E-state index contributed by atoms with van der Waals surface area (Å²) in [6.45, 7) is 4.73. The molecule has 0 atom stereocenters. The second kappa shape index (κ2) is 4.04. The van der Waals surface area contributed by atoms with Gasteiger partial charge in [-0.1, -0.05) is 0 Å². The molecule has 1 aromatic rings. The van der Waals surface area contributed by atoms with E-state index in [1.807, 2.05) is 19.2 Å². The monoisotopic (exact) mass is 150 g/mol. The van der Waals surface area contributed by atoms with Crippen LogP contribution in [-0.2, 0) is 6.42 Å². The lowest BCUT2D eigenvalue weighted by Crippen LogP contribution is -1.97. The topological polar surface area (TPSA) is 12.8 Å². The first-order valence-electron chi connectivity index (χ1n) is 3.79. The zero-order chi connectivity index (χ0) is 8.10. The number of aliphatic hydroxyl groups is 2. The van der Waals surface area contributed by atoms with Crippen molar-refractivity contribution in [3.05, 3.63) is 42.3 Å². The molecule has 0 heterocycles. The van der Waals surface area contributed by atoms with Crippen molar-refractivity contribution < 1.29 is 4.74 Å². The number of rotatable bonds is 3. The largest absolute Gasteiger partial charge is 0.436 e. The summed E-state index contributed by atoms with van der Waals surface area (Å²) >= 11 is 0. The van der Waals surface area contributed by atoms with E-state index < -0.39 is 0 Å². The van der Waals surface area contributed by atoms with Gasteiger partial charge in [-0.2, -0.15) is 0 Å². The maximum Gasteiger partial charge on any atom is 0.148 e. The third-order valence-electron chi connectivity index (χ3n) is 1.65. The first kappa shape index (κ1) is 8.15. The highest BCUT2D eigenvalue weighted by molar-refractivity contribution is 5.24. The Bertz CT molecular complexity index is 201. The molecule has 0 aliphatic heterocycles. The fourth-order valence-corrected chi connectivity index (χ4v) is 0.947. The van der Waals surface area contributed by atoms with Crippen LogP contribution in [-0.4, -0.2) is 18.5 Å². The van der Waals surface area contributed by atoms with Crippen molar-refractivity contribution in [2.75, 3.05) is 13.7 Å². The molecule has 0 saturated carbocycles. The summed E-state index contributed by atoms with van der Waals surface area (Å²) in [5.74, 6) is 0. The molecular formula is C10H14O+2. The second-order valence-electron chi connectivity index (χ2n) is 2.61. The Kier molecular flexibility index (Phi) is 2.99. The highest BCUT2D eigenvalue weighted by Gasteiger charge is 1.97. The molecule has 0 saturated heterocycles. The number of hydrogen-bond donors (Lipinski definition) is 0. The average Bonchev–Trinajstić information content (AvgIpc) is 2.04. The third-order valence-corrected chi connectivity index (χ3v) is 1.65. The molecule has 58 valence electrons. The van der Waals surface area contributed by atoms with Gasteiger partial charge in [-0.3, -0.25) is 0 Å². The lowest BCUT2D eigenvalue weighted by atomic mass is 10.1. The summed E-state index contributed by atoms with van der Waals surface area (Å²) in [6, 6.07) is 8.27. The fraction of sp³-hybridized carbons (Fsp3) is 0.300. The zero-order valence-electron chi connectivity index (χ0n) is 6.88. The first-order valence-corrected chi connectivity index (χ1v) is 3.79. The molecule has 0 bridgehead atoms. The van der Waals surface area contributed by atoms with Gasteiger partial charge in [0.05, 0.1) is 0 Å². The molecule has 1 aromatic carbocycles. The molecule has 1 rings (SSSR count). The van der Waals surface area contributed by atoms with E-state index in [9.17, 15) is 0 Å². The van der Waals surface area contributed by atoms with Crippen molar-refractivity contribution in [2.24, 2.45) is 0 Å². The number of ether oxygens (including phenoxy) is 1. The molecule has 0 amide bonds. The van der Waals surface area contributed by atoms with Gasteiger partial charge in [0.25, 0.3) is 0 Å². The minimum atomic E-state index is 0.913. The highest BCUT2D eigenvalue weighted by atomic mass is 16.5. The molecular weight excluding hydrogens is 136 g/mol. The van der Waals surface area contributed by atoms with E-state index in [4.69, 9.17) is 0 Å². The second-order valence-corrected chi connectivity index (χ2v) is 2.61. The van der Waals surface area contributed by atoms with E-state index in [1.54, 1.807) is 0 Å². The molecule has 1 heteroatoms. The number of hydrogen-bond acceptors (Lipinski definition) is 0. The van der Waals surface area contributed by atoms with Gasteiger partial charge in [0, 0.05) is 25.5 Å². The molecule has 0 fully saturated rings. The van der Waals surface area contributed by atoms with Gasteiger partial charge >= 0.3 is 0 Å². The van der Waals surface area contributed by atoms with Crippen LogP contribution in [0.15, 0.2) is 24.3 Å². The predicted octanol–water partition coefficient (Wildman–Crippen LogP) is 1.57. The molecule has 1 N–H and O–H groups in total. The van der Waals surface area contributed by atoms with Crippen LogP contribution in [0.2, 0.25) is 0 Å². The fourth-order valence-electron chi connectivity index (χ4n) is 0.947. The molecule has 11 heavy (non-hydrogen) atoms. The van der Waals surface area contributed by atoms with E-state index >= 15 is 0 Å². The minimum Gasteiger partial charge on any atom is -0.436 e. The Hall–Kier alpha value is -0.950. The van der Waals surface area contributed by atoms with E-state index in [0.29, 0.717) is 0 Å². The zero-order valence-corrected chi connectivity index (χ0v) is 6.88. The predicted molar refractivity (Wildman–Crippen MR) is 47.6 cm³/mol. The van der Waals surface area contributed by atoms with Crippen molar-refractivity contribution in [1.82, 2.24) is 0 Å². The Labute approximate surface area is 68.0 Å². The van der Waals surface area contributed by atoms with Gasteiger partial charge in [0.1, 0.15) is 19.3 Å². The van der Waals surface area contributed by atoms with Crippen molar-refractivity contribution in [3.63, 3.8) is 0 Å². The van der Waals surface area contributed by atoms with Crippen molar-refractivity contribution in [3.8, 4) is 0 Å². The molecule has 0 unspecified atom stereocenters. The normalized spacial score (nSPS) is 9.91. The summed E-state index contributed by atoms with van der Waals surface area (Å²) in [7, 11) is 1.84. The van der Waals surface area contributed by atoms with E-state index in [0.717, 1.165) is 18.6 Å². The summed E-state index contributed by atoms with van der Waals surface area (Å²) in [6.07, 6.45) is 1.04. The summed E-state index contributed by atoms with van der Waals surface area (Å²) in [5.41, 5.74) is 2.41. The van der Waals surface area contributed by atoms with Gasteiger partial charge in [0.15, 0.2) is 0 Å². The Morgan fingerprint density at radius 2 is 1.91 bits per heavy atom. The summed E-state index contributed by atoms with van der Waals surface area (Å²) < 4.78 is 4.04. The van der Waals surface area contributed by atoms with Crippen LogP contribution >= 0.6 is 0 Å². The van der Waals surface area contributed by atoms with Crippen LogP contribution < -0.4 is 0 Å². The van der Waals surface area contributed by atoms with E-state index in [-0.39, 0.29) is 0 Å². The Balaban J connectivity index is 2.52. The molecule has 0 aliphatic carbocycles. The van der Waals surface area contributed by atoms with Crippen LogP contribution in [0, 0.1) is 6.92 Å². The average molecular weight is 150 g/mol. The van der Waals surface area contributed by atoms with Crippen molar-refractivity contribution >= 4 is 0 Å². The molecule has 0 spiro atoms. The highest BCUT2D eigenvalue weighted by Crippen LogP contribution is 2.02. The molecule has 1 nitrogen and oxygen atoms in total. The van der Waals surface area contributed by atoms with Crippen LogP contribution in [0.25, 0.3) is 0 Å².